The molecule has 180 valence electrons. The van der Waals surface area contributed by atoms with Crippen molar-refractivity contribution in [2.45, 2.75) is 74.0 Å². The van der Waals surface area contributed by atoms with Gasteiger partial charge in [0.05, 0.1) is 10.5 Å². The average Bonchev–Trinajstić information content (AvgIpc) is 3.55. The third-order valence-corrected chi connectivity index (χ3v) is 9.88. The Morgan fingerprint density at radius 2 is 0.939 bits per heavy atom. The molecule has 33 heavy (non-hydrogen) atoms. The van der Waals surface area contributed by atoms with Gasteiger partial charge in [-0.2, -0.15) is 0 Å². The zero-order chi connectivity index (χ0) is 20.6. The fourth-order valence-corrected chi connectivity index (χ4v) is 8.23. The summed E-state index contributed by atoms with van der Waals surface area (Å²) < 4.78 is 5.04. The van der Waals surface area contributed by atoms with Gasteiger partial charge < -0.3 is 34.6 Å². The predicted molar refractivity (Wildman–Crippen MR) is 128 cm³/mol. The van der Waals surface area contributed by atoms with Crippen LogP contribution in [0, 0.1) is 0 Å². The minimum atomic E-state index is 0. The van der Waals surface area contributed by atoms with Gasteiger partial charge in [0.2, 0.25) is 0 Å². The molecule has 4 nitrogen and oxygen atoms in total. The molecule has 0 saturated carbocycles. The molecular formula is C26H36Cl2N4S. The second-order valence-corrected chi connectivity index (χ2v) is 11.4. The minimum Gasteiger partial charge on any atom is -1.00 e. The maximum absolute atomic E-state index is 2.54. The van der Waals surface area contributed by atoms with Gasteiger partial charge in [0, 0.05) is 74.7 Å². The van der Waals surface area contributed by atoms with E-state index in [1.54, 1.807) is 0 Å². The third kappa shape index (κ3) is 5.11. The molecule has 4 aliphatic rings. The molecule has 4 fully saturated rings. The topological polar surface area (TPSA) is 14.2 Å². The highest BCUT2D eigenvalue weighted by atomic mass is 35.5. The first-order valence-corrected chi connectivity index (χ1v) is 13.5. The van der Waals surface area contributed by atoms with E-state index in [1.165, 1.54) is 88.9 Å². The molecule has 2 aromatic heterocycles. The van der Waals surface area contributed by atoms with Crippen LogP contribution >= 0.6 is 11.8 Å². The van der Waals surface area contributed by atoms with Gasteiger partial charge in [0.1, 0.15) is 0 Å². The summed E-state index contributed by atoms with van der Waals surface area (Å²) in [5.41, 5.74) is 2.82. The van der Waals surface area contributed by atoms with E-state index in [-0.39, 0.29) is 24.8 Å². The Kier molecular flexibility index (Phi) is 8.35. The van der Waals surface area contributed by atoms with Crippen LogP contribution in [0.1, 0.15) is 63.5 Å². The Morgan fingerprint density at radius 1 is 0.576 bits per heavy atom. The maximum atomic E-state index is 2.54. The fourth-order valence-electron chi connectivity index (χ4n) is 6.33. The standard InChI is InChI=1S/C26H36N4S.2ClH/c1-2-14-27(13-1)21-9-17-29(18-10-21)23-5-7-26-24(6-8-25(23)31-26)30-19-11-22(12-20-30)28-15-3-4-16-28;;/h9-12,17-20,23-26H,1-8,13-16H2;2*1H/q+2;;/p-2/t23-,24-,25-,26-;;/m1../s1. The van der Waals surface area contributed by atoms with E-state index in [0.29, 0.717) is 12.1 Å². The van der Waals surface area contributed by atoms with Crippen molar-refractivity contribution in [1.82, 2.24) is 0 Å². The van der Waals surface area contributed by atoms with Crippen molar-refractivity contribution in [2.24, 2.45) is 0 Å². The van der Waals surface area contributed by atoms with Crippen LogP contribution < -0.4 is 43.7 Å². The van der Waals surface area contributed by atoms with E-state index in [9.17, 15) is 0 Å². The monoisotopic (exact) mass is 506 g/mol. The van der Waals surface area contributed by atoms with E-state index in [4.69, 9.17) is 0 Å². The number of rotatable bonds is 4. The zero-order valence-corrected chi connectivity index (χ0v) is 21.7. The van der Waals surface area contributed by atoms with Gasteiger partial charge in [-0.1, -0.05) is 0 Å². The SMILES string of the molecule is [Cl-].[Cl-].c1c[n+]([C@@H]2CC[C@H]3S[C@@H]2CC[C@H]3[n+]2ccc(N3CCCC3)cc2)ccc1N1CCCC1. The number of anilines is 2. The summed E-state index contributed by atoms with van der Waals surface area (Å²) in [6, 6.07) is 10.7. The predicted octanol–water partition coefficient (Wildman–Crippen LogP) is -1.69. The first-order valence-electron chi connectivity index (χ1n) is 12.5. The molecule has 0 spiro atoms. The van der Waals surface area contributed by atoms with E-state index in [0.717, 1.165) is 10.5 Å². The lowest BCUT2D eigenvalue weighted by molar-refractivity contribution is -0.733. The molecule has 4 atom stereocenters. The van der Waals surface area contributed by atoms with Gasteiger partial charge in [-0.25, -0.2) is 9.13 Å². The van der Waals surface area contributed by atoms with Crippen molar-refractivity contribution in [2.75, 3.05) is 36.0 Å². The Bertz CT molecular complexity index is 809. The Balaban J connectivity index is 0.00000130. The van der Waals surface area contributed by atoms with E-state index >= 15 is 0 Å². The van der Waals surface area contributed by atoms with Crippen molar-refractivity contribution in [3.63, 3.8) is 0 Å². The smallest absolute Gasteiger partial charge is 0.171 e. The van der Waals surface area contributed by atoms with Crippen LogP contribution in [0.3, 0.4) is 0 Å². The van der Waals surface area contributed by atoms with Crippen molar-refractivity contribution in [3.8, 4) is 0 Å². The number of fused-ring (bicyclic) bond motifs is 2. The molecule has 2 bridgehead atoms. The summed E-state index contributed by atoms with van der Waals surface area (Å²) >= 11 is 2.28. The van der Waals surface area contributed by atoms with Gasteiger partial charge in [-0.05, 0) is 38.5 Å². The normalized spacial score (nSPS) is 28.8. The molecule has 0 radical (unpaired) electrons. The van der Waals surface area contributed by atoms with Crippen LogP contribution in [0.15, 0.2) is 49.1 Å². The Labute approximate surface area is 215 Å². The van der Waals surface area contributed by atoms with Crippen LogP contribution in [0.4, 0.5) is 11.4 Å². The maximum Gasteiger partial charge on any atom is 0.171 e. The number of aromatic nitrogens is 2. The summed E-state index contributed by atoms with van der Waals surface area (Å²) in [6.07, 6.45) is 20.1. The molecule has 0 unspecified atom stereocenters. The van der Waals surface area contributed by atoms with Crippen molar-refractivity contribution < 1.29 is 33.9 Å². The lowest BCUT2D eigenvalue weighted by Crippen LogP contribution is -3.00. The molecule has 7 heteroatoms. The number of nitrogens with zero attached hydrogens (tertiary/aromatic N) is 4. The summed E-state index contributed by atoms with van der Waals surface area (Å²) in [4.78, 5) is 5.07. The van der Waals surface area contributed by atoms with Crippen molar-refractivity contribution >= 4 is 23.1 Å². The number of hydrogen-bond acceptors (Lipinski definition) is 3. The minimum absolute atomic E-state index is 0. The van der Waals surface area contributed by atoms with Gasteiger partial charge in [-0.3, -0.25) is 0 Å². The third-order valence-electron chi connectivity index (χ3n) is 8.08. The van der Waals surface area contributed by atoms with Crippen LogP contribution in [0.5, 0.6) is 0 Å². The summed E-state index contributed by atoms with van der Waals surface area (Å²) in [7, 11) is 0. The Morgan fingerprint density at radius 3 is 1.30 bits per heavy atom. The molecule has 0 aliphatic carbocycles. The molecule has 2 aromatic rings. The molecule has 6 heterocycles. The molecule has 0 N–H and O–H groups in total. The van der Waals surface area contributed by atoms with Gasteiger partial charge in [0.15, 0.2) is 36.9 Å². The number of thioether (sulfide) groups is 1. The second kappa shape index (κ2) is 11.0. The Hall–Kier alpha value is -1.17. The lowest BCUT2D eigenvalue weighted by Gasteiger charge is -2.39. The largest absolute Gasteiger partial charge is 1.00 e. The van der Waals surface area contributed by atoms with Crippen LogP contribution in [-0.2, 0) is 0 Å². The van der Waals surface area contributed by atoms with Crippen LogP contribution in [0.2, 0.25) is 0 Å². The highest BCUT2D eigenvalue weighted by molar-refractivity contribution is 8.00. The molecule has 6 rings (SSSR count). The summed E-state index contributed by atoms with van der Waals surface area (Å²) in [5, 5.41) is 1.53. The van der Waals surface area contributed by atoms with Crippen molar-refractivity contribution in [1.29, 1.82) is 0 Å². The van der Waals surface area contributed by atoms with E-state index in [1.807, 2.05) is 0 Å². The van der Waals surface area contributed by atoms with Gasteiger partial charge >= 0.3 is 0 Å². The van der Waals surface area contributed by atoms with E-state index < -0.39 is 0 Å². The van der Waals surface area contributed by atoms with Gasteiger partial charge in [0.25, 0.3) is 0 Å². The number of hydrogen-bond donors (Lipinski definition) is 0. The molecule has 0 aromatic carbocycles. The van der Waals surface area contributed by atoms with Crippen LogP contribution in [-0.4, -0.2) is 36.7 Å². The fraction of sp³-hybridized carbons (Fsp3) is 0.615. The van der Waals surface area contributed by atoms with Crippen molar-refractivity contribution in [3.05, 3.63) is 49.1 Å². The molecular weight excluding hydrogens is 471 g/mol. The number of pyridine rings is 2. The second-order valence-electron chi connectivity index (χ2n) is 9.90. The number of halogens is 2. The summed E-state index contributed by atoms with van der Waals surface area (Å²) in [5.74, 6) is 0. The molecule has 4 aliphatic heterocycles. The summed E-state index contributed by atoms with van der Waals surface area (Å²) in [6.45, 7) is 4.91. The quantitative estimate of drug-likeness (QED) is 0.459. The molecule has 0 amide bonds. The average molecular weight is 508 g/mol. The van der Waals surface area contributed by atoms with Crippen LogP contribution in [0.25, 0.3) is 0 Å². The first-order chi connectivity index (χ1) is 15.3. The lowest BCUT2D eigenvalue weighted by atomic mass is 9.91. The molecule has 4 saturated heterocycles. The first kappa shape index (κ1) is 24.9. The van der Waals surface area contributed by atoms with Gasteiger partial charge in [-0.15, -0.1) is 11.8 Å². The zero-order valence-electron chi connectivity index (χ0n) is 19.4. The van der Waals surface area contributed by atoms with E-state index in [2.05, 4.69) is 79.7 Å². The highest BCUT2D eigenvalue weighted by Crippen LogP contribution is 2.47. The highest BCUT2D eigenvalue weighted by Gasteiger charge is 2.46.